The molecule has 5 nitrogen and oxygen atoms in total. The fourth-order valence-electron chi connectivity index (χ4n) is 3.20. The molecule has 0 aliphatic carbocycles. The van der Waals surface area contributed by atoms with Gasteiger partial charge in [-0.05, 0) is 54.9 Å². The molecular weight excluding hydrogens is 350 g/mol. The van der Waals surface area contributed by atoms with Crippen LogP contribution in [0.1, 0.15) is 11.1 Å². The van der Waals surface area contributed by atoms with Crippen molar-refractivity contribution in [2.45, 2.75) is 13.8 Å². The zero-order chi connectivity index (χ0) is 20.1. The Morgan fingerprint density at radius 2 is 1.39 bits per heavy atom. The summed E-state index contributed by atoms with van der Waals surface area (Å²) in [6.07, 6.45) is 0. The first-order valence-corrected chi connectivity index (χ1v) is 9.25. The maximum absolute atomic E-state index is 12.3. The molecule has 0 radical (unpaired) electrons. The molecule has 0 unspecified atom stereocenters. The highest BCUT2D eigenvalue weighted by Gasteiger charge is 2.13. The van der Waals surface area contributed by atoms with Crippen molar-refractivity contribution >= 4 is 34.0 Å². The Hall–Kier alpha value is -3.18. The van der Waals surface area contributed by atoms with E-state index in [1.54, 1.807) is 11.9 Å². The number of anilines is 2. The normalized spacial score (nSPS) is 10.9. The number of carbonyl (C=O) groups is 2. The van der Waals surface area contributed by atoms with Crippen LogP contribution in [0.2, 0.25) is 0 Å². The van der Waals surface area contributed by atoms with Crippen LogP contribution in [-0.4, -0.2) is 36.9 Å². The minimum absolute atomic E-state index is 0.132. The van der Waals surface area contributed by atoms with Crippen molar-refractivity contribution in [2.24, 2.45) is 0 Å². The number of para-hydroxylation sites is 1. The Balaban J connectivity index is 1.54. The molecule has 0 aliphatic rings. The van der Waals surface area contributed by atoms with E-state index in [0.717, 1.165) is 33.3 Å². The van der Waals surface area contributed by atoms with Gasteiger partial charge < -0.3 is 10.6 Å². The van der Waals surface area contributed by atoms with Crippen LogP contribution in [0.3, 0.4) is 0 Å². The van der Waals surface area contributed by atoms with Crippen molar-refractivity contribution in [1.29, 1.82) is 0 Å². The number of hydrogen-bond acceptors (Lipinski definition) is 3. The molecule has 5 heteroatoms. The van der Waals surface area contributed by atoms with E-state index in [-0.39, 0.29) is 24.9 Å². The van der Waals surface area contributed by atoms with Gasteiger partial charge in [0.25, 0.3) is 0 Å². The largest absolute Gasteiger partial charge is 0.325 e. The average molecular weight is 375 g/mol. The van der Waals surface area contributed by atoms with E-state index in [0.29, 0.717) is 0 Å². The number of amides is 2. The number of rotatable bonds is 6. The first-order valence-electron chi connectivity index (χ1n) is 9.25. The van der Waals surface area contributed by atoms with Gasteiger partial charge in [-0.1, -0.05) is 48.5 Å². The molecular formula is C23H25N3O2. The molecule has 0 saturated carbocycles. The van der Waals surface area contributed by atoms with Gasteiger partial charge in [0, 0.05) is 11.4 Å². The van der Waals surface area contributed by atoms with Gasteiger partial charge >= 0.3 is 0 Å². The zero-order valence-electron chi connectivity index (χ0n) is 16.5. The standard InChI is InChI=1S/C23H25N3O2/c1-16-7-6-8-17(2)23(16)25-22(28)15-26(3)14-21(27)24-20-12-11-18-9-4-5-10-19(18)13-20/h4-13H,14-15H2,1-3H3,(H,24,27)(H,25,28). The van der Waals surface area contributed by atoms with Crippen molar-refractivity contribution in [3.05, 3.63) is 71.8 Å². The maximum atomic E-state index is 12.3. The van der Waals surface area contributed by atoms with E-state index in [4.69, 9.17) is 0 Å². The van der Waals surface area contributed by atoms with Crippen LogP contribution in [0.25, 0.3) is 10.8 Å². The van der Waals surface area contributed by atoms with Crippen molar-refractivity contribution in [3.8, 4) is 0 Å². The highest BCUT2D eigenvalue weighted by atomic mass is 16.2. The number of carbonyl (C=O) groups excluding carboxylic acids is 2. The fourth-order valence-corrected chi connectivity index (χ4v) is 3.20. The van der Waals surface area contributed by atoms with Gasteiger partial charge in [-0.25, -0.2) is 0 Å². The highest BCUT2D eigenvalue weighted by molar-refractivity contribution is 5.97. The van der Waals surface area contributed by atoms with Crippen LogP contribution in [0.4, 0.5) is 11.4 Å². The number of likely N-dealkylation sites (N-methyl/N-ethyl adjacent to an activating group) is 1. The van der Waals surface area contributed by atoms with E-state index in [1.807, 2.05) is 74.5 Å². The fraction of sp³-hybridized carbons (Fsp3) is 0.217. The van der Waals surface area contributed by atoms with Crippen LogP contribution in [0.5, 0.6) is 0 Å². The third-order valence-electron chi connectivity index (χ3n) is 4.61. The van der Waals surface area contributed by atoms with Gasteiger partial charge in [0.05, 0.1) is 13.1 Å². The zero-order valence-corrected chi connectivity index (χ0v) is 16.5. The number of hydrogen-bond donors (Lipinski definition) is 2. The molecule has 0 heterocycles. The molecule has 0 atom stereocenters. The molecule has 3 rings (SSSR count). The molecule has 3 aromatic carbocycles. The maximum Gasteiger partial charge on any atom is 0.238 e. The van der Waals surface area contributed by atoms with E-state index in [1.165, 1.54) is 0 Å². The van der Waals surface area contributed by atoms with Crippen molar-refractivity contribution < 1.29 is 9.59 Å². The van der Waals surface area contributed by atoms with Crippen molar-refractivity contribution in [3.63, 3.8) is 0 Å². The SMILES string of the molecule is Cc1cccc(C)c1NC(=O)CN(C)CC(=O)Nc1ccc2ccccc2c1. The summed E-state index contributed by atoms with van der Waals surface area (Å²) in [5.74, 6) is -0.295. The van der Waals surface area contributed by atoms with Crippen LogP contribution in [0, 0.1) is 13.8 Å². The van der Waals surface area contributed by atoms with Crippen molar-refractivity contribution in [2.75, 3.05) is 30.8 Å². The Morgan fingerprint density at radius 3 is 2.07 bits per heavy atom. The van der Waals surface area contributed by atoms with Crippen LogP contribution >= 0.6 is 0 Å². The summed E-state index contributed by atoms with van der Waals surface area (Å²) in [7, 11) is 1.75. The minimum atomic E-state index is -0.155. The average Bonchev–Trinajstić information content (AvgIpc) is 2.64. The van der Waals surface area contributed by atoms with Crippen LogP contribution in [0.15, 0.2) is 60.7 Å². The van der Waals surface area contributed by atoms with E-state index < -0.39 is 0 Å². The van der Waals surface area contributed by atoms with Crippen LogP contribution < -0.4 is 10.6 Å². The second kappa shape index (κ2) is 8.67. The highest BCUT2D eigenvalue weighted by Crippen LogP contribution is 2.20. The lowest BCUT2D eigenvalue weighted by Gasteiger charge is -2.17. The molecule has 0 spiro atoms. The molecule has 144 valence electrons. The summed E-state index contributed by atoms with van der Waals surface area (Å²) in [5.41, 5.74) is 3.62. The van der Waals surface area contributed by atoms with Gasteiger partial charge in [-0.3, -0.25) is 14.5 Å². The Morgan fingerprint density at radius 1 is 0.786 bits per heavy atom. The van der Waals surface area contributed by atoms with Gasteiger partial charge in [0.2, 0.25) is 11.8 Å². The second-order valence-electron chi connectivity index (χ2n) is 7.10. The lowest BCUT2D eigenvalue weighted by molar-refractivity contribution is -0.119. The van der Waals surface area contributed by atoms with E-state index in [9.17, 15) is 9.59 Å². The second-order valence-corrected chi connectivity index (χ2v) is 7.10. The first-order chi connectivity index (χ1) is 13.4. The predicted molar refractivity (Wildman–Crippen MR) is 115 cm³/mol. The van der Waals surface area contributed by atoms with Crippen LogP contribution in [-0.2, 0) is 9.59 Å². The van der Waals surface area contributed by atoms with Gasteiger partial charge in [-0.15, -0.1) is 0 Å². The molecule has 0 saturated heterocycles. The summed E-state index contributed by atoms with van der Waals surface area (Å²) < 4.78 is 0. The summed E-state index contributed by atoms with van der Waals surface area (Å²) in [6.45, 7) is 4.19. The Bertz CT molecular complexity index is 993. The molecule has 0 bridgehead atoms. The summed E-state index contributed by atoms with van der Waals surface area (Å²) in [5, 5.41) is 8.03. The minimum Gasteiger partial charge on any atom is -0.325 e. The molecule has 3 aromatic rings. The van der Waals surface area contributed by atoms with E-state index >= 15 is 0 Å². The number of nitrogens with zero attached hydrogens (tertiary/aromatic N) is 1. The van der Waals surface area contributed by atoms with Gasteiger partial charge in [-0.2, -0.15) is 0 Å². The third-order valence-corrected chi connectivity index (χ3v) is 4.61. The molecule has 2 N–H and O–H groups in total. The summed E-state index contributed by atoms with van der Waals surface area (Å²) >= 11 is 0. The lowest BCUT2D eigenvalue weighted by atomic mass is 10.1. The monoisotopic (exact) mass is 375 g/mol. The molecule has 28 heavy (non-hydrogen) atoms. The quantitative estimate of drug-likeness (QED) is 0.685. The number of benzene rings is 3. The number of fused-ring (bicyclic) bond motifs is 1. The number of aryl methyl sites for hydroxylation is 2. The van der Waals surface area contributed by atoms with Gasteiger partial charge in [0.15, 0.2) is 0 Å². The summed E-state index contributed by atoms with van der Waals surface area (Å²) in [4.78, 5) is 26.3. The van der Waals surface area contributed by atoms with E-state index in [2.05, 4.69) is 10.6 Å². The van der Waals surface area contributed by atoms with Crippen molar-refractivity contribution in [1.82, 2.24) is 4.90 Å². The summed E-state index contributed by atoms with van der Waals surface area (Å²) in [6, 6.07) is 19.7. The third kappa shape index (κ3) is 4.96. The first kappa shape index (κ1) is 19.6. The Labute approximate surface area is 165 Å². The Kier molecular flexibility index (Phi) is 6.06. The molecule has 0 aromatic heterocycles. The molecule has 0 fully saturated rings. The van der Waals surface area contributed by atoms with Gasteiger partial charge in [0.1, 0.15) is 0 Å². The molecule has 0 aliphatic heterocycles. The smallest absolute Gasteiger partial charge is 0.238 e. The predicted octanol–water partition coefficient (Wildman–Crippen LogP) is 3.97. The molecule has 2 amide bonds. The topological polar surface area (TPSA) is 61.4 Å². The number of nitrogens with one attached hydrogen (secondary N) is 2. The lowest BCUT2D eigenvalue weighted by Crippen LogP contribution is -2.36.